The molecule has 0 saturated heterocycles. The maximum atomic E-state index is 6.21. The van der Waals surface area contributed by atoms with E-state index in [2.05, 4.69) is 193 Å². The third-order valence-corrected chi connectivity index (χ3v) is 10.3. The van der Waals surface area contributed by atoms with Crippen LogP contribution in [-0.2, 0) is 0 Å². The lowest BCUT2D eigenvalue weighted by atomic mass is 9.95. The van der Waals surface area contributed by atoms with Crippen LogP contribution in [0.5, 0.6) is 0 Å². The fraction of sp³-hybridized carbons (Fsp3) is 0. The number of hydrogen-bond donors (Lipinski definition) is 0. The van der Waals surface area contributed by atoms with Gasteiger partial charge < -0.3 is 9.32 Å². The topological polar surface area (TPSA) is 16.4 Å². The summed E-state index contributed by atoms with van der Waals surface area (Å²) in [5, 5.41) is 7.22. The molecule has 0 amide bonds. The summed E-state index contributed by atoms with van der Waals surface area (Å²) < 4.78 is 6.21. The van der Waals surface area contributed by atoms with Gasteiger partial charge in [0.2, 0.25) is 0 Å². The second kappa shape index (κ2) is 12.5. The molecule has 244 valence electrons. The standard InChI is InChI=1S/C50H33NO/c1-3-16-43-36(10-1)12-8-19-44(43)40-15-7-14-38(32-40)34-22-27-41(28-23-34)51(48-20-9-13-37-11-2-4-17-45(37)48)42-29-24-35(25-30-42)39-26-31-47-46-18-5-6-21-49(46)52-50(47)33-39/h1-33H. The molecule has 10 rings (SSSR count). The molecule has 0 atom stereocenters. The van der Waals surface area contributed by atoms with Crippen molar-refractivity contribution in [3.8, 4) is 33.4 Å². The van der Waals surface area contributed by atoms with Gasteiger partial charge in [0, 0.05) is 27.5 Å². The normalized spacial score (nSPS) is 11.5. The lowest BCUT2D eigenvalue weighted by molar-refractivity contribution is 0.669. The Morgan fingerprint density at radius 2 is 0.827 bits per heavy atom. The number of fused-ring (bicyclic) bond motifs is 5. The van der Waals surface area contributed by atoms with Crippen molar-refractivity contribution in [2.24, 2.45) is 0 Å². The summed E-state index contributed by atoms with van der Waals surface area (Å²) in [4.78, 5) is 2.37. The predicted molar refractivity (Wildman–Crippen MR) is 220 cm³/mol. The molecular weight excluding hydrogens is 631 g/mol. The van der Waals surface area contributed by atoms with Crippen LogP contribution in [0.4, 0.5) is 17.1 Å². The lowest BCUT2D eigenvalue weighted by Crippen LogP contribution is -2.10. The van der Waals surface area contributed by atoms with Gasteiger partial charge in [-0.25, -0.2) is 0 Å². The van der Waals surface area contributed by atoms with E-state index in [-0.39, 0.29) is 0 Å². The van der Waals surface area contributed by atoms with E-state index in [1.54, 1.807) is 0 Å². The number of furan rings is 1. The van der Waals surface area contributed by atoms with Gasteiger partial charge in [-0.05, 0) is 104 Å². The van der Waals surface area contributed by atoms with E-state index in [1.807, 2.05) is 12.1 Å². The van der Waals surface area contributed by atoms with Crippen LogP contribution in [0.1, 0.15) is 0 Å². The molecular formula is C50H33NO. The van der Waals surface area contributed by atoms with Gasteiger partial charge in [0.05, 0.1) is 5.69 Å². The number of para-hydroxylation sites is 1. The first-order valence-corrected chi connectivity index (χ1v) is 17.8. The summed E-state index contributed by atoms with van der Waals surface area (Å²) in [5.74, 6) is 0. The Morgan fingerprint density at radius 3 is 1.58 bits per heavy atom. The minimum atomic E-state index is 0.905. The van der Waals surface area contributed by atoms with Crippen molar-refractivity contribution in [2.75, 3.05) is 4.90 Å². The minimum Gasteiger partial charge on any atom is -0.456 e. The van der Waals surface area contributed by atoms with Gasteiger partial charge >= 0.3 is 0 Å². The van der Waals surface area contributed by atoms with Crippen LogP contribution < -0.4 is 4.90 Å². The van der Waals surface area contributed by atoms with Crippen molar-refractivity contribution in [1.29, 1.82) is 0 Å². The highest BCUT2D eigenvalue weighted by molar-refractivity contribution is 6.06. The quantitative estimate of drug-likeness (QED) is 0.176. The number of rotatable bonds is 6. The fourth-order valence-electron chi connectivity index (χ4n) is 7.69. The van der Waals surface area contributed by atoms with Crippen LogP contribution in [0.15, 0.2) is 205 Å². The van der Waals surface area contributed by atoms with Crippen LogP contribution in [-0.4, -0.2) is 0 Å². The van der Waals surface area contributed by atoms with Gasteiger partial charge in [-0.15, -0.1) is 0 Å². The zero-order valence-corrected chi connectivity index (χ0v) is 28.4. The molecule has 0 N–H and O–H groups in total. The maximum absolute atomic E-state index is 6.21. The first kappa shape index (κ1) is 30.0. The van der Waals surface area contributed by atoms with Crippen LogP contribution >= 0.6 is 0 Å². The molecule has 0 aliphatic carbocycles. The molecule has 0 spiro atoms. The minimum absolute atomic E-state index is 0.905. The zero-order chi connectivity index (χ0) is 34.4. The smallest absolute Gasteiger partial charge is 0.136 e. The summed E-state index contributed by atoms with van der Waals surface area (Å²) in [7, 11) is 0. The SMILES string of the molecule is c1cc(-c2ccc(N(c3ccc(-c4ccc5c(c4)oc4ccccc45)cc3)c3cccc4ccccc34)cc2)cc(-c2cccc3ccccc23)c1. The zero-order valence-electron chi connectivity index (χ0n) is 28.4. The Morgan fingerprint density at radius 1 is 0.308 bits per heavy atom. The van der Waals surface area contributed by atoms with Crippen LogP contribution in [0.25, 0.3) is 76.9 Å². The Balaban J connectivity index is 1.03. The number of anilines is 3. The number of benzene rings is 9. The highest BCUT2D eigenvalue weighted by Gasteiger charge is 2.16. The molecule has 0 aliphatic rings. The highest BCUT2D eigenvalue weighted by Crippen LogP contribution is 2.41. The molecule has 52 heavy (non-hydrogen) atoms. The summed E-state index contributed by atoms with van der Waals surface area (Å²) in [5.41, 5.74) is 12.3. The van der Waals surface area contributed by atoms with E-state index in [0.29, 0.717) is 0 Å². The molecule has 10 aromatic rings. The highest BCUT2D eigenvalue weighted by atomic mass is 16.3. The van der Waals surface area contributed by atoms with Gasteiger partial charge in [-0.1, -0.05) is 146 Å². The summed E-state index contributed by atoms with van der Waals surface area (Å²) in [6, 6.07) is 71.8. The second-order valence-electron chi connectivity index (χ2n) is 13.3. The molecule has 2 heteroatoms. The van der Waals surface area contributed by atoms with Gasteiger partial charge in [-0.2, -0.15) is 0 Å². The molecule has 0 bridgehead atoms. The van der Waals surface area contributed by atoms with Crippen LogP contribution in [0.3, 0.4) is 0 Å². The number of nitrogens with zero attached hydrogens (tertiary/aromatic N) is 1. The third-order valence-electron chi connectivity index (χ3n) is 10.3. The summed E-state index contributed by atoms with van der Waals surface area (Å²) in [6.45, 7) is 0. The van der Waals surface area contributed by atoms with Crippen LogP contribution in [0, 0.1) is 0 Å². The first-order valence-electron chi connectivity index (χ1n) is 17.8. The van der Waals surface area contributed by atoms with Crippen molar-refractivity contribution < 1.29 is 4.42 Å². The van der Waals surface area contributed by atoms with Gasteiger partial charge in [0.1, 0.15) is 11.2 Å². The van der Waals surface area contributed by atoms with Crippen molar-refractivity contribution in [3.05, 3.63) is 200 Å². The van der Waals surface area contributed by atoms with Crippen molar-refractivity contribution in [1.82, 2.24) is 0 Å². The average Bonchev–Trinajstić information content (AvgIpc) is 3.59. The van der Waals surface area contributed by atoms with E-state index < -0.39 is 0 Å². The van der Waals surface area contributed by atoms with Gasteiger partial charge in [-0.3, -0.25) is 0 Å². The molecule has 1 aromatic heterocycles. The lowest BCUT2D eigenvalue weighted by Gasteiger charge is -2.27. The molecule has 0 aliphatic heterocycles. The molecule has 9 aromatic carbocycles. The molecule has 2 nitrogen and oxygen atoms in total. The van der Waals surface area contributed by atoms with E-state index >= 15 is 0 Å². The third kappa shape index (κ3) is 5.21. The van der Waals surface area contributed by atoms with Gasteiger partial charge in [0.25, 0.3) is 0 Å². The van der Waals surface area contributed by atoms with Crippen molar-refractivity contribution in [2.45, 2.75) is 0 Å². The predicted octanol–water partition coefficient (Wildman–Crippen LogP) is 14.4. The molecule has 1 heterocycles. The summed E-state index contributed by atoms with van der Waals surface area (Å²) >= 11 is 0. The second-order valence-corrected chi connectivity index (χ2v) is 13.3. The Hall–Kier alpha value is -6.90. The average molecular weight is 664 g/mol. The summed E-state index contributed by atoms with van der Waals surface area (Å²) in [6.07, 6.45) is 0. The van der Waals surface area contributed by atoms with E-state index in [1.165, 1.54) is 43.8 Å². The fourth-order valence-corrected chi connectivity index (χ4v) is 7.69. The molecule has 0 radical (unpaired) electrons. The monoisotopic (exact) mass is 663 g/mol. The molecule has 0 unspecified atom stereocenters. The van der Waals surface area contributed by atoms with E-state index in [4.69, 9.17) is 4.42 Å². The van der Waals surface area contributed by atoms with E-state index in [0.717, 1.165) is 50.1 Å². The first-order chi connectivity index (χ1) is 25.8. The van der Waals surface area contributed by atoms with Crippen LogP contribution in [0.2, 0.25) is 0 Å². The maximum Gasteiger partial charge on any atom is 0.136 e. The van der Waals surface area contributed by atoms with Crippen molar-refractivity contribution in [3.63, 3.8) is 0 Å². The number of hydrogen-bond acceptors (Lipinski definition) is 2. The van der Waals surface area contributed by atoms with E-state index in [9.17, 15) is 0 Å². The van der Waals surface area contributed by atoms with Crippen molar-refractivity contribution >= 4 is 60.5 Å². The Bertz CT molecular complexity index is 2890. The largest absolute Gasteiger partial charge is 0.456 e. The Kier molecular flexibility index (Phi) is 7.18. The molecule has 0 saturated carbocycles. The van der Waals surface area contributed by atoms with Gasteiger partial charge in [0.15, 0.2) is 0 Å². The Labute approximate surface area is 302 Å². The molecule has 0 fully saturated rings.